The molecule has 0 saturated carbocycles. The highest BCUT2D eigenvalue weighted by atomic mass is 32.2. The van der Waals surface area contributed by atoms with Crippen LogP contribution >= 0.6 is 0 Å². The van der Waals surface area contributed by atoms with Crippen LogP contribution in [-0.2, 0) is 20.0 Å². The van der Waals surface area contributed by atoms with Gasteiger partial charge in [0, 0.05) is 50.3 Å². The Labute approximate surface area is 242 Å². The van der Waals surface area contributed by atoms with Crippen LogP contribution in [0.1, 0.15) is 62.4 Å². The third-order valence-electron chi connectivity index (χ3n) is 8.80. The van der Waals surface area contributed by atoms with Crippen molar-refractivity contribution in [1.29, 1.82) is 0 Å². The lowest BCUT2D eigenvalue weighted by Crippen LogP contribution is -2.52. The SMILES string of the molecule is CC(C)n1c(=O)c(C(=O)NC2CC3CCC(C2)N3CCCS(=O)(=O)N2CCN(S(C)(=O)=O)CC2)cc2ccccc21. The van der Waals surface area contributed by atoms with Gasteiger partial charge in [-0.15, -0.1) is 0 Å². The lowest BCUT2D eigenvalue weighted by molar-refractivity contribution is 0.0844. The van der Waals surface area contributed by atoms with E-state index in [0.29, 0.717) is 13.0 Å². The molecule has 3 saturated heterocycles. The van der Waals surface area contributed by atoms with Crippen molar-refractivity contribution in [3.05, 3.63) is 46.2 Å². The van der Waals surface area contributed by atoms with E-state index in [0.717, 1.165) is 42.8 Å². The van der Waals surface area contributed by atoms with E-state index in [1.165, 1.54) is 8.61 Å². The lowest BCUT2D eigenvalue weighted by atomic mass is 9.96. The van der Waals surface area contributed by atoms with Gasteiger partial charge in [0.1, 0.15) is 5.56 Å². The molecule has 2 unspecified atom stereocenters. The molecule has 226 valence electrons. The van der Waals surface area contributed by atoms with Crippen molar-refractivity contribution in [2.45, 2.75) is 70.1 Å². The topological polar surface area (TPSA) is 129 Å². The molecule has 2 atom stereocenters. The molecule has 0 radical (unpaired) electrons. The van der Waals surface area contributed by atoms with Gasteiger partial charge in [0.25, 0.3) is 11.5 Å². The van der Waals surface area contributed by atoms with Crippen LogP contribution in [0.4, 0.5) is 0 Å². The summed E-state index contributed by atoms with van der Waals surface area (Å²) >= 11 is 0. The Morgan fingerprint density at radius 3 is 2.20 bits per heavy atom. The van der Waals surface area contributed by atoms with Crippen molar-refractivity contribution in [2.75, 3.05) is 44.7 Å². The van der Waals surface area contributed by atoms with Gasteiger partial charge in [0.05, 0.1) is 17.5 Å². The summed E-state index contributed by atoms with van der Waals surface area (Å²) in [5.41, 5.74) is 0.693. The van der Waals surface area contributed by atoms with Crippen molar-refractivity contribution in [2.24, 2.45) is 0 Å². The lowest BCUT2D eigenvalue weighted by Gasteiger charge is -2.39. The molecule has 1 aromatic carbocycles. The summed E-state index contributed by atoms with van der Waals surface area (Å²) in [5.74, 6) is -0.304. The second-order valence-electron chi connectivity index (χ2n) is 11.9. The average molecular weight is 608 g/mol. The number of nitrogens with zero attached hydrogens (tertiary/aromatic N) is 4. The molecule has 3 aliphatic heterocycles. The van der Waals surface area contributed by atoms with Crippen LogP contribution in [0.2, 0.25) is 0 Å². The number of pyridine rings is 1. The predicted octanol–water partition coefficient (Wildman–Crippen LogP) is 1.60. The van der Waals surface area contributed by atoms with Crippen LogP contribution in [0.25, 0.3) is 10.9 Å². The summed E-state index contributed by atoms with van der Waals surface area (Å²) in [6.07, 6.45) is 5.21. The number of fused-ring (bicyclic) bond motifs is 3. The molecular formula is C28H41N5O6S2. The maximum atomic E-state index is 13.3. The molecule has 1 N–H and O–H groups in total. The van der Waals surface area contributed by atoms with Gasteiger partial charge in [-0.1, -0.05) is 18.2 Å². The van der Waals surface area contributed by atoms with Crippen LogP contribution in [0.15, 0.2) is 35.1 Å². The van der Waals surface area contributed by atoms with E-state index in [4.69, 9.17) is 0 Å². The number of nitrogens with one attached hydrogen (secondary N) is 1. The van der Waals surface area contributed by atoms with Gasteiger partial charge in [-0.05, 0) is 70.0 Å². The Bertz CT molecular complexity index is 1550. The van der Waals surface area contributed by atoms with E-state index < -0.39 is 20.0 Å². The fourth-order valence-electron chi connectivity index (χ4n) is 6.82. The second kappa shape index (κ2) is 11.8. The van der Waals surface area contributed by atoms with E-state index in [9.17, 15) is 26.4 Å². The summed E-state index contributed by atoms with van der Waals surface area (Å²) in [5, 5.41) is 3.99. The first kappa shape index (κ1) is 30.1. The highest BCUT2D eigenvalue weighted by molar-refractivity contribution is 7.89. The number of aromatic nitrogens is 1. The summed E-state index contributed by atoms with van der Waals surface area (Å²) < 4.78 is 53.7. The number of piperidine rings is 1. The van der Waals surface area contributed by atoms with Crippen molar-refractivity contribution in [3.63, 3.8) is 0 Å². The average Bonchev–Trinajstić information content (AvgIpc) is 3.14. The molecule has 11 nitrogen and oxygen atoms in total. The third-order valence-corrected chi connectivity index (χ3v) is 12.1. The molecule has 1 amide bonds. The fraction of sp³-hybridized carbons (Fsp3) is 0.643. The van der Waals surface area contributed by atoms with Gasteiger partial charge in [-0.2, -0.15) is 8.61 Å². The summed E-state index contributed by atoms with van der Waals surface area (Å²) in [6.45, 7) is 5.29. The number of para-hydroxylation sites is 1. The zero-order valence-corrected chi connectivity index (χ0v) is 25.7. The van der Waals surface area contributed by atoms with Crippen molar-refractivity contribution in [1.82, 2.24) is 23.4 Å². The number of carbonyl (C=O) groups is 1. The van der Waals surface area contributed by atoms with E-state index in [1.54, 1.807) is 10.6 Å². The minimum atomic E-state index is -3.46. The third kappa shape index (κ3) is 6.38. The molecule has 3 fully saturated rings. The van der Waals surface area contributed by atoms with E-state index in [1.807, 2.05) is 38.1 Å². The number of carbonyl (C=O) groups excluding carboxylic acids is 1. The van der Waals surface area contributed by atoms with Crippen molar-refractivity contribution in [3.8, 4) is 0 Å². The standard InChI is InChI=1S/C28H41N5O6S2/c1-20(2)33-26-8-5-4-7-21(26)17-25(28(33)35)27(34)29-22-18-23-9-10-24(19-22)32(23)11-6-16-41(38,39)31-14-12-30(13-15-31)40(3,36)37/h4-5,7-8,17,20,22-24H,6,9-16,18-19H2,1-3H3,(H,29,34). The normalized spacial score (nSPS) is 24.7. The van der Waals surface area contributed by atoms with Gasteiger partial charge in [-0.3, -0.25) is 14.5 Å². The molecule has 2 aromatic rings. The van der Waals surface area contributed by atoms with E-state index in [-0.39, 0.29) is 73.1 Å². The number of sulfonamides is 2. The van der Waals surface area contributed by atoms with Crippen LogP contribution in [-0.4, -0.2) is 104 Å². The van der Waals surface area contributed by atoms with Crippen LogP contribution in [0.3, 0.4) is 0 Å². The fourth-order valence-corrected chi connectivity index (χ4v) is 9.12. The minimum Gasteiger partial charge on any atom is -0.349 e. The Hall–Kier alpha value is -2.32. The number of rotatable bonds is 9. The molecule has 0 aliphatic carbocycles. The number of hydrogen-bond donors (Lipinski definition) is 1. The quantitative estimate of drug-likeness (QED) is 0.459. The Balaban J connectivity index is 1.16. The molecule has 4 heterocycles. The maximum absolute atomic E-state index is 13.3. The molecular weight excluding hydrogens is 566 g/mol. The summed E-state index contributed by atoms with van der Waals surface area (Å²) in [7, 11) is -6.77. The first-order valence-corrected chi connectivity index (χ1v) is 17.9. The van der Waals surface area contributed by atoms with E-state index in [2.05, 4.69) is 10.2 Å². The zero-order chi connectivity index (χ0) is 29.5. The van der Waals surface area contributed by atoms with Crippen molar-refractivity contribution < 1.29 is 21.6 Å². The first-order chi connectivity index (χ1) is 19.3. The number of piperazine rings is 1. The Morgan fingerprint density at radius 1 is 0.976 bits per heavy atom. The van der Waals surface area contributed by atoms with Crippen LogP contribution in [0.5, 0.6) is 0 Å². The highest BCUT2D eigenvalue weighted by Crippen LogP contribution is 2.36. The van der Waals surface area contributed by atoms with Gasteiger partial charge < -0.3 is 9.88 Å². The molecule has 3 aliphatic rings. The molecule has 2 bridgehead atoms. The van der Waals surface area contributed by atoms with E-state index >= 15 is 0 Å². The Morgan fingerprint density at radius 2 is 1.59 bits per heavy atom. The smallest absolute Gasteiger partial charge is 0.264 e. The number of amides is 1. The minimum absolute atomic E-state index is 0.0338. The summed E-state index contributed by atoms with van der Waals surface area (Å²) in [4.78, 5) is 29.0. The zero-order valence-electron chi connectivity index (χ0n) is 24.0. The van der Waals surface area contributed by atoms with Crippen LogP contribution < -0.4 is 10.9 Å². The molecule has 41 heavy (non-hydrogen) atoms. The number of benzene rings is 1. The van der Waals surface area contributed by atoms with Crippen molar-refractivity contribution >= 4 is 36.9 Å². The summed E-state index contributed by atoms with van der Waals surface area (Å²) in [6, 6.07) is 9.71. The molecule has 13 heteroatoms. The molecule has 0 spiro atoms. The second-order valence-corrected chi connectivity index (χ2v) is 16.0. The van der Waals surface area contributed by atoms with Gasteiger partial charge in [0.15, 0.2) is 0 Å². The van der Waals surface area contributed by atoms with Crippen LogP contribution in [0, 0.1) is 0 Å². The monoisotopic (exact) mass is 607 g/mol. The predicted molar refractivity (Wildman–Crippen MR) is 159 cm³/mol. The molecule has 5 rings (SSSR count). The van der Waals surface area contributed by atoms with Gasteiger partial charge >= 0.3 is 0 Å². The Kier molecular flexibility index (Phi) is 8.64. The largest absolute Gasteiger partial charge is 0.349 e. The van der Waals surface area contributed by atoms with Gasteiger partial charge in [-0.25, -0.2) is 16.8 Å². The van der Waals surface area contributed by atoms with Gasteiger partial charge in [0.2, 0.25) is 20.0 Å². The number of hydrogen-bond acceptors (Lipinski definition) is 7. The maximum Gasteiger partial charge on any atom is 0.264 e. The highest BCUT2D eigenvalue weighted by Gasteiger charge is 2.41. The molecule has 1 aromatic heterocycles. The first-order valence-electron chi connectivity index (χ1n) is 14.5.